The van der Waals surface area contributed by atoms with E-state index in [9.17, 15) is 0 Å². The molecule has 2 N–H and O–H groups in total. The van der Waals surface area contributed by atoms with Gasteiger partial charge in [-0.25, -0.2) is 0 Å². The number of nitrogens with one attached hydrogen (secondary N) is 2. The highest BCUT2D eigenvalue weighted by Crippen LogP contribution is 2.21. The number of aromatic nitrogens is 1. The highest BCUT2D eigenvalue weighted by Gasteiger charge is 2.08. The van der Waals surface area contributed by atoms with Crippen LogP contribution in [0.15, 0.2) is 59.1 Å². The molecular weight excluding hydrogens is 270 g/mol. The molecule has 0 amide bonds. The smallest absolute Gasteiger partial charge is 0.183 e. The molecule has 3 aromatic rings. The Labute approximate surface area is 121 Å². The molecule has 0 atom stereocenters. The van der Waals surface area contributed by atoms with Crippen molar-refractivity contribution in [2.75, 3.05) is 5.32 Å². The lowest BCUT2D eigenvalue weighted by atomic mass is 10.2. The van der Waals surface area contributed by atoms with E-state index < -0.39 is 0 Å². The molecule has 0 aliphatic carbocycles. The number of thiocarbonyl (C=S) groups is 1. The molecule has 0 fully saturated rings. The highest BCUT2D eigenvalue weighted by molar-refractivity contribution is 7.80. The molecular formula is C15H13N3OS. The third-order valence-electron chi connectivity index (χ3n) is 2.91. The van der Waals surface area contributed by atoms with Crippen LogP contribution in [0, 0.1) is 0 Å². The second-order valence-electron chi connectivity index (χ2n) is 4.32. The van der Waals surface area contributed by atoms with Crippen LogP contribution in [0.1, 0.15) is 5.56 Å². The molecule has 0 radical (unpaired) electrons. The minimum atomic E-state index is 0.521. The van der Waals surface area contributed by atoms with Gasteiger partial charge in [0.05, 0.1) is 5.39 Å². The summed E-state index contributed by atoms with van der Waals surface area (Å²) in [5, 5.41) is 11.6. The predicted molar refractivity (Wildman–Crippen MR) is 83.5 cm³/mol. The van der Waals surface area contributed by atoms with Gasteiger partial charge in [0, 0.05) is 6.54 Å². The van der Waals surface area contributed by atoms with Crippen LogP contribution in [0.5, 0.6) is 0 Å². The summed E-state index contributed by atoms with van der Waals surface area (Å²) in [5.74, 6) is 0.631. The lowest BCUT2D eigenvalue weighted by Gasteiger charge is -2.08. The number of rotatable bonds is 3. The van der Waals surface area contributed by atoms with Crippen LogP contribution in [0.25, 0.3) is 11.0 Å². The Kier molecular flexibility index (Phi) is 3.60. The van der Waals surface area contributed by atoms with Gasteiger partial charge in [0.2, 0.25) is 0 Å². The third kappa shape index (κ3) is 2.78. The fourth-order valence-corrected chi connectivity index (χ4v) is 2.07. The van der Waals surface area contributed by atoms with E-state index in [4.69, 9.17) is 16.7 Å². The summed E-state index contributed by atoms with van der Waals surface area (Å²) in [7, 11) is 0. The van der Waals surface area contributed by atoms with E-state index in [-0.39, 0.29) is 0 Å². The normalized spacial score (nSPS) is 10.4. The van der Waals surface area contributed by atoms with Gasteiger partial charge >= 0.3 is 0 Å². The number of fused-ring (bicyclic) bond motifs is 1. The maximum Gasteiger partial charge on any atom is 0.183 e. The molecule has 5 heteroatoms. The third-order valence-corrected chi connectivity index (χ3v) is 3.15. The monoisotopic (exact) mass is 283 g/mol. The van der Waals surface area contributed by atoms with Gasteiger partial charge in [-0.2, -0.15) is 0 Å². The molecule has 0 bridgehead atoms. The molecule has 1 aromatic heterocycles. The first-order valence-corrected chi connectivity index (χ1v) is 6.67. The molecule has 4 nitrogen and oxygen atoms in total. The first kappa shape index (κ1) is 12.6. The Balaban J connectivity index is 1.64. The number of benzene rings is 2. The van der Waals surface area contributed by atoms with E-state index in [0.717, 1.165) is 11.0 Å². The Hall–Kier alpha value is -2.40. The number of hydrogen-bond donors (Lipinski definition) is 2. The topological polar surface area (TPSA) is 50.1 Å². The van der Waals surface area contributed by atoms with Gasteiger partial charge in [-0.1, -0.05) is 47.6 Å². The number of para-hydroxylation sites is 1. The van der Waals surface area contributed by atoms with Crippen molar-refractivity contribution >= 4 is 34.1 Å². The van der Waals surface area contributed by atoms with E-state index in [2.05, 4.69) is 15.8 Å². The van der Waals surface area contributed by atoms with Crippen molar-refractivity contribution in [1.29, 1.82) is 0 Å². The van der Waals surface area contributed by atoms with Gasteiger partial charge in [0.1, 0.15) is 0 Å². The summed E-state index contributed by atoms with van der Waals surface area (Å²) in [5.41, 5.74) is 1.91. The van der Waals surface area contributed by atoms with Gasteiger partial charge in [-0.05, 0) is 29.9 Å². The van der Waals surface area contributed by atoms with E-state index in [0.29, 0.717) is 17.5 Å². The first-order valence-electron chi connectivity index (χ1n) is 6.26. The zero-order chi connectivity index (χ0) is 13.8. The second-order valence-corrected chi connectivity index (χ2v) is 4.73. The van der Waals surface area contributed by atoms with Crippen molar-refractivity contribution in [2.24, 2.45) is 0 Å². The highest BCUT2D eigenvalue weighted by atomic mass is 32.1. The van der Waals surface area contributed by atoms with Gasteiger partial charge in [-0.3, -0.25) is 0 Å². The largest absolute Gasteiger partial charge is 0.358 e. The van der Waals surface area contributed by atoms with Crippen LogP contribution < -0.4 is 10.6 Å². The van der Waals surface area contributed by atoms with Crippen LogP contribution in [0.4, 0.5) is 5.82 Å². The number of anilines is 1. The maximum atomic E-state index is 5.26. The van der Waals surface area contributed by atoms with Gasteiger partial charge in [-0.15, -0.1) is 0 Å². The summed E-state index contributed by atoms with van der Waals surface area (Å²) in [4.78, 5) is 0. The van der Waals surface area contributed by atoms with Crippen LogP contribution in [-0.2, 0) is 6.54 Å². The summed E-state index contributed by atoms with van der Waals surface area (Å²) in [6.45, 7) is 0.669. The van der Waals surface area contributed by atoms with Crippen molar-refractivity contribution < 1.29 is 4.52 Å². The summed E-state index contributed by atoms with van der Waals surface area (Å²) in [6.07, 6.45) is 0. The van der Waals surface area contributed by atoms with Gasteiger partial charge < -0.3 is 15.2 Å². The van der Waals surface area contributed by atoms with Crippen molar-refractivity contribution in [3.05, 3.63) is 60.2 Å². The molecule has 0 spiro atoms. The minimum absolute atomic E-state index is 0.521. The standard InChI is InChI=1S/C15H13N3OS/c20-15(16-10-11-6-2-1-3-7-11)17-14-12-8-4-5-9-13(12)19-18-14/h1-9H,10H2,(H2,16,17,18,20). The lowest BCUT2D eigenvalue weighted by molar-refractivity contribution is 0.460. The van der Waals surface area contributed by atoms with E-state index in [1.165, 1.54) is 5.56 Å². The zero-order valence-electron chi connectivity index (χ0n) is 10.7. The van der Waals surface area contributed by atoms with Crippen molar-refractivity contribution in [1.82, 2.24) is 10.5 Å². The molecule has 0 saturated heterocycles. The van der Waals surface area contributed by atoms with Crippen molar-refractivity contribution in [2.45, 2.75) is 6.54 Å². The lowest BCUT2D eigenvalue weighted by Crippen LogP contribution is -2.28. The zero-order valence-corrected chi connectivity index (χ0v) is 11.5. The molecule has 20 heavy (non-hydrogen) atoms. The molecule has 0 aliphatic rings. The van der Waals surface area contributed by atoms with Crippen LogP contribution in [0.3, 0.4) is 0 Å². The Bertz CT molecular complexity index is 724. The molecule has 0 saturated carbocycles. The van der Waals surface area contributed by atoms with Crippen LogP contribution in [-0.4, -0.2) is 10.3 Å². The minimum Gasteiger partial charge on any atom is -0.358 e. The van der Waals surface area contributed by atoms with E-state index in [1.807, 2.05) is 54.6 Å². The molecule has 3 rings (SSSR count). The summed E-state index contributed by atoms with van der Waals surface area (Å²) in [6, 6.07) is 17.7. The fourth-order valence-electron chi connectivity index (χ4n) is 1.91. The molecule has 2 aromatic carbocycles. The van der Waals surface area contributed by atoms with E-state index in [1.54, 1.807) is 0 Å². The van der Waals surface area contributed by atoms with Gasteiger partial charge in [0.25, 0.3) is 0 Å². The molecule has 0 unspecified atom stereocenters. The Morgan fingerprint density at radius 1 is 1.05 bits per heavy atom. The SMILES string of the molecule is S=C(NCc1ccccc1)Nc1noc2ccccc12. The van der Waals surface area contributed by atoms with Crippen LogP contribution in [0.2, 0.25) is 0 Å². The van der Waals surface area contributed by atoms with E-state index >= 15 is 0 Å². The van der Waals surface area contributed by atoms with Crippen molar-refractivity contribution in [3.63, 3.8) is 0 Å². The quantitative estimate of drug-likeness (QED) is 0.722. The molecule has 0 aliphatic heterocycles. The molecule has 100 valence electrons. The average Bonchev–Trinajstić information content (AvgIpc) is 2.90. The average molecular weight is 283 g/mol. The number of nitrogens with zero attached hydrogens (tertiary/aromatic N) is 1. The second kappa shape index (κ2) is 5.71. The van der Waals surface area contributed by atoms with Crippen LogP contribution >= 0.6 is 12.2 Å². The molecule has 1 heterocycles. The number of hydrogen-bond acceptors (Lipinski definition) is 3. The fraction of sp³-hybridized carbons (Fsp3) is 0.0667. The summed E-state index contributed by atoms with van der Waals surface area (Å²) < 4.78 is 5.21. The maximum absolute atomic E-state index is 5.26. The first-order chi connectivity index (χ1) is 9.83. The Morgan fingerprint density at radius 2 is 1.80 bits per heavy atom. The van der Waals surface area contributed by atoms with Crippen molar-refractivity contribution in [3.8, 4) is 0 Å². The van der Waals surface area contributed by atoms with Gasteiger partial charge in [0.15, 0.2) is 16.5 Å². The Morgan fingerprint density at radius 3 is 2.65 bits per heavy atom. The predicted octanol–water partition coefficient (Wildman–Crippen LogP) is 3.31. The summed E-state index contributed by atoms with van der Waals surface area (Å²) >= 11 is 5.26.